The van der Waals surface area contributed by atoms with Gasteiger partial charge in [-0.05, 0) is 43.4 Å². The highest BCUT2D eigenvalue weighted by Gasteiger charge is 2.17. The van der Waals surface area contributed by atoms with Crippen LogP contribution in [0.25, 0.3) is 0 Å². The van der Waals surface area contributed by atoms with E-state index in [1.54, 1.807) is 24.4 Å². The second kappa shape index (κ2) is 8.98. The van der Waals surface area contributed by atoms with Gasteiger partial charge in [0.15, 0.2) is 12.4 Å². The van der Waals surface area contributed by atoms with E-state index >= 15 is 0 Å². The van der Waals surface area contributed by atoms with Crippen LogP contribution in [0.1, 0.15) is 31.2 Å². The quantitative estimate of drug-likeness (QED) is 0.565. The molecule has 8 heteroatoms. The van der Waals surface area contributed by atoms with Crippen molar-refractivity contribution in [2.75, 3.05) is 6.61 Å². The van der Waals surface area contributed by atoms with Gasteiger partial charge in [0.25, 0.3) is 5.91 Å². The fourth-order valence-electron chi connectivity index (χ4n) is 2.93. The first-order valence-corrected chi connectivity index (χ1v) is 8.86. The van der Waals surface area contributed by atoms with Crippen LogP contribution in [-0.2, 0) is 11.3 Å². The summed E-state index contributed by atoms with van der Waals surface area (Å²) in [5.74, 6) is 0.252. The van der Waals surface area contributed by atoms with E-state index in [4.69, 9.17) is 9.47 Å². The molecule has 3 rings (SSSR count). The molecule has 27 heavy (non-hydrogen) atoms. The van der Waals surface area contributed by atoms with Crippen LogP contribution in [0.4, 0.5) is 5.69 Å². The number of nitro groups is 1. The predicted octanol–water partition coefficient (Wildman–Crippen LogP) is 3.01. The average Bonchev–Trinajstić information content (AvgIpc) is 3.18. The molecule has 1 fully saturated rings. The fraction of sp³-hybridized carbons (Fsp3) is 0.368. The molecule has 1 aliphatic rings. The van der Waals surface area contributed by atoms with Gasteiger partial charge in [0.1, 0.15) is 6.10 Å². The number of nitrogens with one attached hydrogen (secondary N) is 1. The first-order valence-electron chi connectivity index (χ1n) is 8.86. The van der Waals surface area contributed by atoms with Crippen LogP contribution in [0.15, 0.2) is 42.6 Å². The van der Waals surface area contributed by atoms with Gasteiger partial charge in [-0.3, -0.25) is 14.9 Å². The Hall–Kier alpha value is -3.16. The molecule has 0 aliphatic heterocycles. The van der Waals surface area contributed by atoms with Crippen LogP contribution in [0.3, 0.4) is 0 Å². The second-order valence-corrected chi connectivity index (χ2v) is 6.32. The van der Waals surface area contributed by atoms with Gasteiger partial charge in [-0.25, -0.2) is 4.98 Å². The first kappa shape index (κ1) is 18.6. The topological polar surface area (TPSA) is 104 Å². The van der Waals surface area contributed by atoms with Crippen LogP contribution in [0.2, 0.25) is 0 Å². The molecule has 0 radical (unpaired) electrons. The summed E-state index contributed by atoms with van der Waals surface area (Å²) < 4.78 is 11.1. The number of aromatic nitrogens is 1. The number of pyridine rings is 1. The van der Waals surface area contributed by atoms with Gasteiger partial charge in [-0.15, -0.1) is 0 Å². The molecular weight excluding hydrogens is 350 g/mol. The monoisotopic (exact) mass is 371 g/mol. The van der Waals surface area contributed by atoms with Crippen molar-refractivity contribution in [1.82, 2.24) is 10.3 Å². The van der Waals surface area contributed by atoms with Crippen molar-refractivity contribution < 1.29 is 19.2 Å². The molecule has 1 amide bonds. The maximum absolute atomic E-state index is 12.0. The molecule has 1 heterocycles. The maximum atomic E-state index is 12.0. The Morgan fingerprint density at radius 2 is 2.04 bits per heavy atom. The molecule has 0 spiro atoms. The third kappa shape index (κ3) is 5.40. The molecule has 0 atom stereocenters. The Kier molecular flexibility index (Phi) is 6.19. The number of nitrogens with zero attached hydrogens (tertiary/aromatic N) is 2. The summed E-state index contributed by atoms with van der Waals surface area (Å²) in [4.78, 5) is 26.6. The van der Waals surface area contributed by atoms with Gasteiger partial charge in [0.2, 0.25) is 5.88 Å². The van der Waals surface area contributed by atoms with Gasteiger partial charge in [0, 0.05) is 24.9 Å². The zero-order chi connectivity index (χ0) is 19.1. The minimum Gasteiger partial charge on any atom is -0.477 e. The van der Waals surface area contributed by atoms with Crippen LogP contribution in [-0.4, -0.2) is 28.5 Å². The Labute approximate surface area is 156 Å². The SMILES string of the molecule is O=C(COc1ccccc1[N+](=O)[O-])NCc1ccnc(OC2CCCC2)c1. The molecular formula is C19H21N3O5. The standard InChI is InChI=1S/C19H21N3O5/c23-18(13-26-17-8-4-3-7-16(17)22(24)25)21-12-14-9-10-20-19(11-14)27-15-5-1-2-6-15/h3-4,7-11,15H,1-2,5-6,12-13H2,(H,21,23). The van der Waals surface area contributed by atoms with Crippen LogP contribution >= 0.6 is 0 Å². The zero-order valence-electron chi connectivity index (χ0n) is 14.8. The van der Waals surface area contributed by atoms with Crippen molar-refractivity contribution >= 4 is 11.6 Å². The van der Waals surface area contributed by atoms with E-state index in [9.17, 15) is 14.9 Å². The molecule has 1 saturated carbocycles. The first-order chi connectivity index (χ1) is 13.1. The van der Waals surface area contributed by atoms with Crippen LogP contribution in [0.5, 0.6) is 11.6 Å². The van der Waals surface area contributed by atoms with Crippen molar-refractivity contribution in [2.45, 2.75) is 38.3 Å². The normalized spacial score (nSPS) is 13.9. The van der Waals surface area contributed by atoms with E-state index in [1.165, 1.54) is 25.0 Å². The molecule has 0 bridgehead atoms. The summed E-state index contributed by atoms with van der Waals surface area (Å²) in [6.07, 6.45) is 6.32. The van der Waals surface area contributed by atoms with E-state index in [-0.39, 0.29) is 30.1 Å². The number of nitro benzene ring substituents is 1. The molecule has 1 aromatic carbocycles. The number of carbonyl (C=O) groups excluding carboxylic acids is 1. The lowest BCUT2D eigenvalue weighted by Gasteiger charge is -2.13. The van der Waals surface area contributed by atoms with E-state index in [1.807, 2.05) is 6.07 Å². The van der Waals surface area contributed by atoms with Gasteiger partial charge in [-0.1, -0.05) is 12.1 Å². The number of amides is 1. The van der Waals surface area contributed by atoms with Crippen molar-refractivity contribution in [3.63, 3.8) is 0 Å². The summed E-state index contributed by atoms with van der Waals surface area (Å²) in [5, 5.41) is 13.7. The molecule has 0 saturated heterocycles. The highest BCUT2D eigenvalue weighted by Crippen LogP contribution is 2.25. The number of ether oxygens (including phenoxy) is 2. The van der Waals surface area contributed by atoms with E-state index in [0.29, 0.717) is 12.4 Å². The largest absolute Gasteiger partial charge is 0.477 e. The minimum atomic E-state index is -0.546. The van der Waals surface area contributed by atoms with Crippen LogP contribution in [0, 0.1) is 10.1 Å². The maximum Gasteiger partial charge on any atom is 0.310 e. The number of benzene rings is 1. The lowest BCUT2D eigenvalue weighted by atomic mass is 10.2. The summed E-state index contributed by atoms with van der Waals surface area (Å²) in [6.45, 7) is -0.00993. The van der Waals surface area contributed by atoms with Crippen molar-refractivity contribution in [1.29, 1.82) is 0 Å². The molecule has 1 aromatic heterocycles. The summed E-state index contributed by atoms with van der Waals surface area (Å²) in [5.41, 5.74) is 0.685. The molecule has 1 N–H and O–H groups in total. The number of rotatable bonds is 8. The van der Waals surface area contributed by atoms with E-state index in [0.717, 1.165) is 18.4 Å². The van der Waals surface area contributed by atoms with Gasteiger partial charge < -0.3 is 14.8 Å². The molecule has 0 unspecified atom stereocenters. The number of hydrogen-bond acceptors (Lipinski definition) is 6. The molecule has 142 valence electrons. The van der Waals surface area contributed by atoms with Crippen molar-refractivity contribution in [2.24, 2.45) is 0 Å². The molecule has 1 aliphatic carbocycles. The minimum absolute atomic E-state index is 0.0637. The fourth-order valence-corrected chi connectivity index (χ4v) is 2.93. The summed E-state index contributed by atoms with van der Waals surface area (Å²) in [7, 11) is 0. The highest BCUT2D eigenvalue weighted by molar-refractivity contribution is 5.77. The smallest absolute Gasteiger partial charge is 0.310 e. The molecule has 8 nitrogen and oxygen atoms in total. The number of hydrogen-bond donors (Lipinski definition) is 1. The third-order valence-corrected chi connectivity index (χ3v) is 4.30. The summed E-state index contributed by atoms with van der Waals surface area (Å²) >= 11 is 0. The second-order valence-electron chi connectivity index (χ2n) is 6.32. The van der Waals surface area contributed by atoms with Gasteiger partial charge >= 0.3 is 5.69 Å². The van der Waals surface area contributed by atoms with E-state index < -0.39 is 4.92 Å². The third-order valence-electron chi connectivity index (χ3n) is 4.30. The number of para-hydroxylation sites is 2. The zero-order valence-corrected chi connectivity index (χ0v) is 14.8. The Bertz CT molecular complexity index is 805. The highest BCUT2D eigenvalue weighted by atomic mass is 16.6. The van der Waals surface area contributed by atoms with Gasteiger partial charge in [-0.2, -0.15) is 0 Å². The van der Waals surface area contributed by atoms with Gasteiger partial charge in [0.05, 0.1) is 4.92 Å². The predicted molar refractivity (Wildman–Crippen MR) is 97.6 cm³/mol. The lowest BCUT2D eigenvalue weighted by Crippen LogP contribution is -2.28. The van der Waals surface area contributed by atoms with Crippen molar-refractivity contribution in [3.05, 3.63) is 58.3 Å². The Morgan fingerprint density at radius 1 is 1.26 bits per heavy atom. The Morgan fingerprint density at radius 3 is 2.81 bits per heavy atom. The van der Waals surface area contributed by atoms with Crippen molar-refractivity contribution in [3.8, 4) is 11.6 Å². The number of carbonyl (C=O) groups is 1. The lowest BCUT2D eigenvalue weighted by molar-refractivity contribution is -0.385. The summed E-state index contributed by atoms with van der Waals surface area (Å²) in [6, 6.07) is 9.55. The average molecular weight is 371 g/mol. The van der Waals surface area contributed by atoms with E-state index in [2.05, 4.69) is 10.3 Å². The van der Waals surface area contributed by atoms with Crippen LogP contribution < -0.4 is 14.8 Å². The molecule has 2 aromatic rings. The Balaban J connectivity index is 1.48.